The number of carbonyl (C=O) groups excluding carboxylic acids is 11. The Kier molecular flexibility index (Phi) is 36.0. The van der Waals surface area contributed by atoms with Crippen molar-refractivity contribution in [2.45, 2.75) is 219 Å². The summed E-state index contributed by atoms with van der Waals surface area (Å²) in [6.07, 6.45) is 0.726. The van der Waals surface area contributed by atoms with Crippen molar-refractivity contribution in [2.24, 2.45) is 41.1 Å². The van der Waals surface area contributed by atoms with Crippen LogP contribution in [-0.4, -0.2) is 188 Å². The van der Waals surface area contributed by atoms with Gasteiger partial charge in [-0.25, -0.2) is 4.79 Å². The number of H-pyrrole nitrogens is 1. The van der Waals surface area contributed by atoms with Gasteiger partial charge in [0.15, 0.2) is 0 Å². The third-order valence-corrected chi connectivity index (χ3v) is 17.8. The minimum absolute atomic E-state index is 0.0589. The Bertz CT molecular complexity index is 3570. The van der Waals surface area contributed by atoms with Gasteiger partial charge in [-0.1, -0.05) is 136 Å². The predicted octanol–water partition coefficient (Wildman–Crippen LogP) is 1.10. The summed E-state index contributed by atoms with van der Waals surface area (Å²) in [5.41, 5.74) is 14.0. The quantitative estimate of drug-likeness (QED) is 0.0276. The van der Waals surface area contributed by atoms with Gasteiger partial charge in [-0.05, 0) is 116 Å². The second-order valence-corrected chi connectivity index (χ2v) is 28.2. The van der Waals surface area contributed by atoms with Crippen LogP contribution in [0.4, 0.5) is 0 Å². The molecule has 0 radical (unpaired) electrons. The number of aromatic hydroxyl groups is 1. The standard InChI is InChI=1S/C74H110N14O17/c1-12-43(10)62(88-63(93)44(11)78-66(96)54(34-45-20-14-13-15-21-45)82-70(100)58(38-89)86-71(101)60(76)41(6)7)73(103)80-51(24-18-19-31-75)64(94)83-56(36-47-37-77-50-23-17-16-22-49(47)50)68(98)79-52(29-30-59(91)92)65(95)81-55(35-46-25-27-48(90)28-26-46)69(99)87-61(42(8)9)72(102)84-53(32-39(2)3)67(97)85-57(74(104)105)33-40(4)5/h13-17,20-23,25-28,37,39-44,51-58,60-62,77,89-90H,12,18-19,24,29-36,38,75-76H2,1-11H3,(H,78,96)(H,79,98)(H,80,103)(H,81,95)(H,82,100)(H,83,94)(H,84,102)(H,85,97)(H,86,101)(H,87,99)(H,88,93)(H,91,92)(H,104,105)/t43-,44-,51-,52-,53-,54-,55-,56-,57-,58-,60-,61-,62-/m0/s1. The van der Waals surface area contributed by atoms with Crippen molar-refractivity contribution in [3.63, 3.8) is 0 Å². The van der Waals surface area contributed by atoms with Gasteiger partial charge in [0, 0.05) is 42.8 Å². The van der Waals surface area contributed by atoms with E-state index >= 15 is 4.79 Å². The molecule has 1 aromatic heterocycles. The topological polar surface area (TPSA) is 503 Å². The average molecular weight is 1470 g/mol. The highest BCUT2D eigenvalue weighted by Crippen LogP contribution is 2.21. The lowest BCUT2D eigenvalue weighted by molar-refractivity contribution is -0.143. The zero-order valence-electron chi connectivity index (χ0n) is 61.8. The first kappa shape index (κ1) is 87.4. The van der Waals surface area contributed by atoms with Crippen LogP contribution in [0.15, 0.2) is 85.1 Å². The van der Waals surface area contributed by atoms with Crippen molar-refractivity contribution in [2.75, 3.05) is 13.2 Å². The van der Waals surface area contributed by atoms with Crippen LogP contribution < -0.4 is 70.0 Å². The van der Waals surface area contributed by atoms with Crippen LogP contribution in [0, 0.1) is 29.6 Å². The molecular formula is C74H110N14O17. The van der Waals surface area contributed by atoms with E-state index in [1.165, 1.54) is 31.2 Å². The third kappa shape index (κ3) is 28.9. The number of nitrogens with two attached hydrogens (primary N) is 2. The van der Waals surface area contributed by atoms with Crippen LogP contribution in [-0.2, 0) is 81.6 Å². The van der Waals surface area contributed by atoms with Gasteiger partial charge in [-0.3, -0.25) is 57.5 Å². The van der Waals surface area contributed by atoms with Crippen molar-refractivity contribution in [1.82, 2.24) is 63.5 Å². The molecule has 13 atom stereocenters. The Hall–Kier alpha value is -10.0. The lowest BCUT2D eigenvalue weighted by Crippen LogP contribution is -2.62. The number of phenols is 1. The fraction of sp³-hybridized carbons (Fsp3) is 0.554. The molecule has 0 bridgehead atoms. The maximum absolute atomic E-state index is 15.1. The smallest absolute Gasteiger partial charge is 0.326 e. The van der Waals surface area contributed by atoms with Crippen molar-refractivity contribution in [3.05, 3.63) is 102 Å². The molecular weight excluding hydrogens is 1360 g/mol. The molecule has 0 spiro atoms. The number of aliphatic hydroxyl groups is 1. The first-order valence-corrected chi connectivity index (χ1v) is 35.8. The van der Waals surface area contributed by atoms with Gasteiger partial charge in [0.25, 0.3) is 0 Å². The highest BCUT2D eigenvalue weighted by atomic mass is 16.4. The van der Waals surface area contributed by atoms with Crippen LogP contribution in [0.1, 0.15) is 144 Å². The number of aliphatic hydroxyl groups excluding tert-OH is 1. The Morgan fingerprint density at radius 3 is 1.44 bits per heavy atom. The van der Waals surface area contributed by atoms with Gasteiger partial charge >= 0.3 is 11.9 Å². The van der Waals surface area contributed by atoms with E-state index in [-0.39, 0.29) is 75.0 Å². The molecule has 0 aliphatic carbocycles. The van der Waals surface area contributed by atoms with Crippen LogP contribution in [0.3, 0.4) is 0 Å². The number of amides is 11. The van der Waals surface area contributed by atoms with E-state index in [9.17, 15) is 78.0 Å². The molecule has 0 aliphatic rings. The van der Waals surface area contributed by atoms with Crippen LogP contribution in [0.5, 0.6) is 5.75 Å². The molecule has 3 aromatic carbocycles. The Morgan fingerprint density at radius 1 is 0.448 bits per heavy atom. The second kappa shape index (κ2) is 43.3. The van der Waals surface area contributed by atoms with Crippen LogP contribution in [0.2, 0.25) is 0 Å². The zero-order chi connectivity index (χ0) is 78.4. The summed E-state index contributed by atoms with van der Waals surface area (Å²) in [6, 6.07) is 4.31. The first-order valence-electron chi connectivity index (χ1n) is 35.8. The van der Waals surface area contributed by atoms with Crippen molar-refractivity contribution < 1.29 is 82.8 Å². The van der Waals surface area contributed by atoms with E-state index in [1.807, 2.05) is 0 Å². The van der Waals surface area contributed by atoms with E-state index in [4.69, 9.17) is 11.5 Å². The highest BCUT2D eigenvalue weighted by molar-refractivity contribution is 6.00. The lowest BCUT2D eigenvalue weighted by atomic mass is 9.96. The maximum Gasteiger partial charge on any atom is 0.326 e. The van der Waals surface area contributed by atoms with Gasteiger partial charge < -0.3 is 95.4 Å². The molecule has 105 heavy (non-hydrogen) atoms. The Morgan fingerprint density at radius 2 is 0.895 bits per heavy atom. The predicted molar refractivity (Wildman–Crippen MR) is 391 cm³/mol. The molecule has 11 amide bonds. The molecule has 1 heterocycles. The van der Waals surface area contributed by atoms with E-state index in [0.29, 0.717) is 40.4 Å². The number of aliphatic carboxylic acids is 2. The van der Waals surface area contributed by atoms with Crippen LogP contribution in [0.25, 0.3) is 10.9 Å². The Labute approximate surface area is 612 Å². The molecule has 0 saturated heterocycles. The summed E-state index contributed by atoms with van der Waals surface area (Å²) in [5, 5.41) is 69.7. The van der Waals surface area contributed by atoms with Gasteiger partial charge in [0.05, 0.1) is 12.6 Å². The number of aromatic nitrogens is 1. The number of carboxylic acid groups (broad SMARTS) is 2. The molecule has 31 heteroatoms. The number of hydrogen-bond acceptors (Lipinski definition) is 17. The van der Waals surface area contributed by atoms with Crippen molar-refractivity contribution in [3.8, 4) is 5.75 Å². The molecule has 4 aromatic rings. The summed E-state index contributed by atoms with van der Waals surface area (Å²) in [6.45, 7) is 17.9. The van der Waals surface area contributed by atoms with Gasteiger partial charge in [0.2, 0.25) is 65.0 Å². The van der Waals surface area contributed by atoms with E-state index in [2.05, 4.69) is 63.5 Å². The molecule has 0 unspecified atom stereocenters. The highest BCUT2D eigenvalue weighted by Gasteiger charge is 2.39. The summed E-state index contributed by atoms with van der Waals surface area (Å²) < 4.78 is 0. The number of carbonyl (C=O) groups is 13. The van der Waals surface area contributed by atoms with Gasteiger partial charge in [-0.15, -0.1) is 0 Å². The minimum atomic E-state index is -1.75. The summed E-state index contributed by atoms with van der Waals surface area (Å²) in [4.78, 5) is 185. The largest absolute Gasteiger partial charge is 0.508 e. The summed E-state index contributed by atoms with van der Waals surface area (Å²) in [7, 11) is 0. The number of rotatable bonds is 45. The number of hydrogen-bond donors (Lipinski definition) is 18. The van der Waals surface area contributed by atoms with Gasteiger partial charge in [0.1, 0.15) is 72.2 Å². The normalized spacial score (nSPS) is 15.1. The van der Waals surface area contributed by atoms with E-state index in [1.54, 1.807) is 130 Å². The second-order valence-electron chi connectivity index (χ2n) is 28.2. The number of phenolic OH excluding ortho intramolecular Hbond substituents is 1. The number of aromatic amines is 1. The molecule has 0 saturated carbocycles. The Balaban J connectivity index is 1.68. The SMILES string of the molecule is CC[C@H](C)[C@H](NC(=O)[C@H](C)NC(=O)[C@H](Cc1ccccc1)NC(=O)[C@H](CO)NC(=O)[C@@H](N)C(C)C)C(=O)N[C@@H](CCCCN)C(=O)N[C@@H](Cc1c[nH]c2ccccc12)C(=O)N[C@@H](CCC(=O)O)C(=O)N[C@@H](Cc1ccc(O)cc1)C(=O)N[C@H](C(=O)N[C@@H](CC(C)C)C(=O)N[C@@H](CC(C)C)C(=O)O)C(C)C. The summed E-state index contributed by atoms with van der Waals surface area (Å²) >= 11 is 0. The number of para-hydroxylation sites is 1. The minimum Gasteiger partial charge on any atom is -0.508 e. The van der Waals surface area contributed by atoms with Gasteiger partial charge in [-0.2, -0.15) is 0 Å². The van der Waals surface area contributed by atoms with Crippen molar-refractivity contribution in [1.29, 1.82) is 0 Å². The van der Waals surface area contributed by atoms with Crippen molar-refractivity contribution >= 4 is 87.8 Å². The molecule has 4 rings (SSSR count). The lowest BCUT2D eigenvalue weighted by Gasteiger charge is -2.30. The third-order valence-electron chi connectivity index (χ3n) is 17.8. The fourth-order valence-corrected chi connectivity index (χ4v) is 11.4. The number of unbranched alkanes of at least 4 members (excludes halogenated alkanes) is 1. The number of fused-ring (bicyclic) bond motifs is 1. The fourth-order valence-electron chi connectivity index (χ4n) is 11.4. The van der Waals surface area contributed by atoms with E-state index in [0.717, 1.165) is 0 Å². The zero-order valence-corrected chi connectivity index (χ0v) is 61.8. The molecule has 0 aliphatic heterocycles. The molecule has 578 valence electrons. The van der Waals surface area contributed by atoms with E-state index < -0.39 is 181 Å². The molecule has 0 fully saturated rings. The maximum atomic E-state index is 15.1. The first-order chi connectivity index (χ1) is 49.6. The monoisotopic (exact) mass is 1470 g/mol. The molecule has 31 nitrogen and oxygen atoms in total. The number of benzene rings is 3. The number of carboxylic acids is 2. The van der Waals surface area contributed by atoms with Crippen LogP contribution >= 0.6 is 0 Å². The number of nitrogens with one attached hydrogen (secondary N) is 12. The average Bonchev–Trinajstić information content (AvgIpc) is 1.68. The summed E-state index contributed by atoms with van der Waals surface area (Å²) in [5.74, 6) is -14.4. The molecule has 20 N–H and O–H groups in total.